The average molecular weight is 446 g/mol. The van der Waals surface area contributed by atoms with Gasteiger partial charge in [-0.1, -0.05) is 18.2 Å². The maximum absolute atomic E-state index is 13.2. The Kier molecular flexibility index (Phi) is 5.14. The quantitative estimate of drug-likeness (QED) is 0.560. The van der Waals surface area contributed by atoms with Crippen molar-refractivity contribution >= 4 is 11.3 Å². The normalized spacial score (nSPS) is 21.0. The van der Waals surface area contributed by atoms with Gasteiger partial charge in [0, 0.05) is 48.2 Å². The first kappa shape index (κ1) is 20.3. The molecule has 2 atom stereocenters. The minimum atomic E-state index is -4.73. The van der Waals surface area contributed by atoms with Crippen LogP contribution in [0.2, 0.25) is 0 Å². The van der Waals surface area contributed by atoms with Crippen LogP contribution in [0.25, 0.3) is 11.1 Å². The Labute approximate surface area is 181 Å². The highest BCUT2D eigenvalue weighted by Crippen LogP contribution is 2.36. The molecular weight excluding hydrogens is 425 g/mol. The van der Waals surface area contributed by atoms with E-state index in [1.54, 1.807) is 17.4 Å². The summed E-state index contributed by atoms with van der Waals surface area (Å²) >= 11 is 1.77. The van der Waals surface area contributed by atoms with Crippen LogP contribution in [0, 0.1) is 5.92 Å². The van der Waals surface area contributed by atoms with Crippen LogP contribution in [0.1, 0.15) is 22.9 Å². The number of alkyl halides is 3. The number of fused-ring (bicyclic) bond motifs is 4. The van der Waals surface area contributed by atoms with E-state index in [-0.39, 0.29) is 11.3 Å². The van der Waals surface area contributed by atoms with Gasteiger partial charge in [0.25, 0.3) is 5.56 Å². The van der Waals surface area contributed by atoms with E-state index < -0.39 is 6.36 Å². The number of hydrogen-bond donors (Lipinski definition) is 0. The Morgan fingerprint density at radius 1 is 1.03 bits per heavy atom. The van der Waals surface area contributed by atoms with E-state index in [2.05, 4.69) is 27.1 Å². The molecule has 0 radical (unpaired) electrons. The summed E-state index contributed by atoms with van der Waals surface area (Å²) in [6.45, 7) is 3.51. The van der Waals surface area contributed by atoms with Gasteiger partial charge in [-0.3, -0.25) is 9.69 Å². The lowest BCUT2D eigenvalue weighted by atomic mass is 9.82. The van der Waals surface area contributed by atoms with Crippen LogP contribution >= 0.6 is 11.3 Å². The molecule has 2 unspecified atom stereocenters. The fourth-order valence-corrected chi connectivity index (χ4v) is 5.60. The lowest BCUT2D eigenvalue weighted by Gasteiger charge is -2.42. The molecule has 162 valence electrons. The lowest BCUT2D eigenvalue weighted by Crippen LogP contribution is -2.46. The fourth-order valence-electron chi connectivity index (χ4n) is 4.85. The molecule has 0 N–H and O–H groups in total. The molecule has 2 aromatic heterocycles. The van der Waals surface area contributed by atoms with Crippen molar-refractivity contribution in [1.29, 1.82) is 0 Å². The van der Waals surface area contributed by atoms with Crippen LogP contribution in [0.4, 0.5) is 13.2 Å². The van der Waals surface area contributed by atoms with Gasteiger partial charge in [-0.2, -0.15) is 0 Å². The van der Waals surface area contributed by atoms with Gasteiger partial charge in [-0.05, 0) is 53.6 Å². The number of piperidine rings is 1. The molecule has 0 aliphatic carbocycles. The molecule has 2 aliphatic heterocycles. The smallest absolute Gasteiger partial charge is 0.406 e. The molecule has 2 bridgehead atoms. The van der Waals surface area contributed by atoms with Gasteiger partial charge in [-0.25, -0.2) is 0 Å². The highest BCUT2D eigenvalue weighted by Gasteiger charge is 2.35. The average Bonchev–Trinajstić information content (AvgIpc) is 3.21. The lowest BCUT2D eigenvalue weighted by molar-refractivity contribution is -0.274. The Bertz CT molecular complexity index is 1120. The highest BCUT2D eigenvalue weighted by molar-refractivity contribution is 7.09. The van der Waals surface area contributed by atoms with E-state index >= 15 is 0 Å². The molecule has 1 aromatic carbocycles. The van der Waals surface area contributed by atoms with Gasteiger partial charge >= 0.3 is 6.36 Å². The van der Waals surface area contributed by atoms with Crippen LogP contribution in [0.15, 0.2) is 58.7 Å². The SMILES string of the molecule is O=c1c(-c2ccc(OC(F)(F)F)cc2)ccc2n1CC1CC2CN(Cc2cccs2)C1. The second-order valence-electron chi connectivity index (χ2n) is 8.23. The van der Waals surface area contributed by atoms with Crippen molar-refractivity contribution in [3.05, 3.63) is 74.8 Å². The van der Waals surface area contributed by atoms with Gasteiger partial charge in [0.2, 0.25) is 0 Å². The predicted molar refractivity (Wildman–Crippen MR) is 113 cm³/mol. The summed E-state index contributed by atoms with van der Waals surface area (Å²) < 4.78 is 42.9. The topological polar surface area (TPSA) is 34.5 Å². The number of aromatic nitrogens is 1. The number of rotatable bonds is 4. The van der Waals surface area contributed by atoms with E-state index in [1.807, 2.05) is 10.6 Å². The first-order valence-electron chi connectivity index (χ1n) is 10.2. The maximum Gasteiger partial charge on any atom is 0.573 e. The number of pyridine rings is 1. The molecule has 0 saturated carbocycles. The standard InChI is InChI=1S/C23H21F3N2O2S/c24-23(25,26)30-18-5-3-16(4-6-18)20-7-8-21-17-10-15(12-28(21)22(20)29)11-27(13-17)14-19-2-1-9-31-19/h1-9,15,17H,10-14H2. The van der Waals surface area contributed by atoms with E-state index in [0.717, 1.165) is 31.7 Å². The molecular formula is C23H21F3N2O2S. The Morgan fingerprint density at radius 2 is 1.84 bits per heavy atom. The summed E-state index contributed by atoms with van der Waals surface area (Å²) in [6, 6.07) is 13.5. The van der Waals surface area contributed by atoms with Gasteiger partial charge in [-0.15, -0.1) is 24.5 Å². The fraction of sp³-hybridized carbons (Fsp3) is 0.348. The summed E-state index contributed by atoms with van der Waals surface area (Å²) in [5, 5.41) is 2.10. The summed E-state index contributed by atoms with van der Waals surface area (Å²) in [5.74, 6) is 0.438. The number of hydrogen-bond acceptors (Lipinski definition) is 4. The van der Waals surface area contributed by atoms with Crippen LogP contribution in [0.5, 0.6) is 5.75 Å². The number of likely N-dealkylation sites (tertiary alicyclic amines) is 1. The number of nitrogens with zero attached hydrogens (tertiary/aromatic N) is 2. The van der Waals surface area contributed by atoms with Crippen molar-refractivity contribution in [2.45, 2.75) is 31.8 Å². The van der Waals surface area contributed by atoms with Crippen LogP contribution in [0.3, 0.4) is 0 Å². The molecule has 1 fully saturated rings. The van der Waals surface area contributed by atoms with Crippen molar-refractivity contribution in [1.82, 2.24) is 9.47 Å². The summed E-state index contributed by atoms with van der Waals surface area (Å²) in [4.78, 5) is 17.1. The third-order valence-electron chi connectivity index (χ3n) is 6.04. The third kappa shape index (κ3) is 4.27. The van der Waals surface area contributed by atoms with E-state index in [1.165, 1.54) is 29.1 Å². The zero-order chi connectivity index (χ0) is 21.6. The van der Waals surface area contributed by atoms with Crippen molar-refractivity contribution in [2.24, 2.45) is 5.92 Å². The van der Waals surface area contributed by atoms with E-state index in [9.17, 15) is 18.0 Å². The van der Waals surface area contributed by atoms with E-state index in [0.29, 0.717) is 29.5 Å². The van der Waals surface area contributed by atoms with Crippen molar-refractivity contribution in [2.75, 3.05) is 13.1 Å². The van der Waals surface area contributed by atoms with Gasteiger partial charge in [0.1, 0.15) is 5.75 Å². The van der Waals surface area contributed by atoms with Crippen molar-refractivity contribution < 1.29 is 17.9 Å². The van der Waals surface area contributed by atoms with Crippen LogP contribution in [-0.2, 0) is 13.1 Å². The molecule has 0 amide bonds. The molecule has 31 heavy (non-hydrogen) atoms. The van der Waals surface area contributed by atoms with Gasteiger partial charge in [0.05, 0.1) is 0 Å². The van der Waals surface area contributed by atoms with Crippen LogP contribution in [-0.4, -0.2) is 28.9 Å². The first-order chi connectivity index (χ1) is 14.9. The molecule has 1 saturated heterocycles. The highest BCUT2D eigenvalue weighted by atomic mass is 32.1. The third-order valence-corrected chi connectivity index (χ3v) is 6.90. The van der Waals surface area contributed by atoms with Gasteiger partial charge in [0.15, 0.2) is 0 Å². The summed E-state index contributed by atoms with van der Waals surface area (Å²) in [6.07, 6.45) is -3.65. The monoisotopic (exact) mass is 446 g/mol. The minimum Gasteiger partial charge on any atom is -0.406 e. The largest absolute Gasteiger partial charge is 0.573 e. The Hall–Kier alpha value is -2.58. The number of benzene rings is 1. The molecule has 4 nitrogen and oxygen atoms in total. The van der Waals surface area contributed by atoms with Crippen molar-refractivity contribution in [3.8, 4) is 16.9 Å². The second-order valence-corrected chi connectivity index (χ2v) is 9.26. The number of thiophene rings is 1. The zero-order valence-corrected chi connectivity index (χ0v) is 17.5. The predicted octanol–water partition coefficient (Wildman–Crippen LogP) is 5.09. The maximum atomic E-state index is 13.2. The number of ether oxygens (including phenoxy) is 1. The minimum absolute atomic E-state index is 0.0802. The first-order valence-corrected chi connectivity index (χ1v) is 11.1. The molecule has 3 aromatic rings. The summed E-state index contributed by atoms with van der Waals surface area (Å²) in [5.41, 5.74) is 2.06. The van der Waals surface area contributed by atoms with Crippen molar-refractivity contribution in [3.63, 3.8) is 0 Å². The Balaban J connectivity index is 1.39. The van der Waals surface area contributed by atoms with Crippen LogP contribution < -0.4 is 10.3 Å². The Morgan fingerprint density at radius 3 is 2.55 bits per heavy atom. The molecule has 0 spiro atoms. The molecule has 5 rings (SSSR count). The second kappa shape index (κ2) is 7.84. The molecule has 8 heteroatoms. The van der Waals surface area contributed by atoms with E-state index in [4.69, 9.17) is 0 Å². The summed E-state index contributed by atoms with van der Waals surface area (Å²) in [7, 11) is 0. The van der Waals surface area contributed by atoms with Gasteiger partial charge < -0.3 is 9.30 Å². The zero-order valence-electron chi connectivity index (χ0n) is 16.6. The molecule has 2 aliphatic rings. The molecule has 4 heterocycles. The number of halogens is 3.